The van der Waals surface area contributed by atoms with Crippen LogP contribution in [0.1, 0.15) is 0 Å². The third kappa shape index (κ3) is 2.11. The zero-order valence-electron chi connectivity index (χ0n) is 6.92. The molecule has 0 N–H and O–H groups in total. The van der Waals surface area contributed by atoms with Crippen LogP contribution in [0, 0.1) is 0 Å². The highest BCUT2D eigenvalue weighted by atomic mass is 79.9. The van der Waals surface area contributed by atoms with Crippen LogP contribution in [0.2, 0.25) is 10.0 Å². The van der Waals surface area contributed by atoms with Gasteiger partial charge in [0.05, 0.1) is 5.69 Å². The highest BCUT2D eigenvalue weighted by Crippen LogP contribution is 2.21. The van der Waals surface area contributed by atoms with Gasteiger partial charge in [-0.15, -0.1) is 0 Å². The molecular formula is C9H5BrCl2N2. The minimum absolute atomic E-state index is 0.596. The molecule has 2 nitrogen and oxygen atoms in total. The lowest BCUT2D eigenvalue weighted by atomic mass is 10.3. The summed E-state index contributed by atoms with van der Waals surface area (Å²) in [4.78, 5) is 0. The number of halogens is 3. The molecule has 0 bridgehead atoms. The maximum atomic E-state index is 5.87. The average molecular weight is 292 g/mol. The van der Waals surface area contributed by atoms with Crippen molar-refractivity contribution >= 4 is 39.1 Å². The summed E-state index contributed by atoms with van der Waals surface area (Å²) in [5, 5.41) is 5.37. The van der Waals surface area contributed by atoms with E-state index in [9.17, 15) is 0 Å². The Morgan fingerprint density at radius 3 is 2.29 bits per heavy atom. The van der Waals surface area contributed by atoms with E-state index < -0.39 is 0 Å². The van der Waals surface area contributed by atoms with Crippen molar-refractivity contribution in [1.82, 2.24) is 9.78 Å². The molecule has 0 amide bonds. The van der Waals surface area contributed by atoms with E-state index in [0.717, 1.165) is 10.3 Å². The van der Waals surface area contributed by atoms with Crippen LogP contribution in [0.4, 0.5) is 0 Å². The summed E-state index contributed by atoms with van der Waals surface area (Å²) in [6, 6.07) is 7.12. The summed E-state index contributed by atoms with van der Waals surface area (Å²) in [6.07, 6.45) is 1.83. The fraction of sp³-hybridized carbons (Fsp3) is 0. The van der Waals surface area contributed by atoms with E-state index in [1.54, 1.807) is 22.9 Å². The van der Waals surface area contributed by atoms with Crippen molar-refractivity contribution in [3.8, 4) is 5.69 Å². The van der Waals surface area contributed by atoms with Crippen molar-refractivity contribution in [2.24, 2.45) is 0 Å². The van der Waals surface area contributed by atoms with Gasteiger partial charge >= 0.3 is 0 Å². The van der Waals surface area contributed by atoms with Crippen molar-refractivity contribution in [3.63, 3.8) is 0 Å². The van der Waals surface area contributed by atoms with Crippen LogP contribution in [0.25, 0.3) is 5.69 Å². The Hall–Kier alpha value is -0.510. The van der Waals surface area contributed by atoms with Gasteiger partial charge < -0.3 is 0 Å². The number of aromatic nitrogens is 2. The highest BCUT2D eigenvalue weighted by Gasteiger charge is 2.01. The third-order valence-corrected chi connectivity index (χ3v) is 2.53. The second-order valence-electron chi connectivity index (χ2n) is 2.71. The fourth-order valence-electron chi connectivity index (χ4n) is 1.12. The zero-order valence-corrected chi connectivity index (χ0v) is 10.0. The van der Waals surface area contributed by atoms with Gasteiger partial charge in [-0.05, 0) is 40.2 Å². The Labute approximate surface area is 99.6 Å². The Morgan fingerprint density at radius 2 is 1.79 bits per heavy atom. The number of rotatable bonds is 1. The topological polar surface area (TPSA) is 17.8 Å². The van der Waals surface area contributed by atoms with Gasteiger partial charge in [0.25, 0.3) is 0 Å². The first kappa shape index (κ1) is 10.0. The van der Waals surface area contributed by atoms with Gasteiger partial charge in [0.1, 0.15) is 4.60 Å². The quantitative estimate of drug-likeness (QED) is 0.778. The lowest BCUT2D eigenvalue weighted by molar-refractivity contribution is 0.870. The Bertz CT molecular complexity index is 447. The van der Waals surface area contributed by atoms with Crippen LogP contribution >= 0.6 is 39.1 Å². The minimum atomic E-state index is 0.596. The molecule has 0 spiro atoms. The van der Waals surface area contributed by atoms with E-state index in [0.29, 0.717) is 10.0 Å². The largest absolute Gasteiger partial charge is 0.240 e. The van der Waals surface area contributed by atoms with Gasteiger partial charge in [-0.25, -0.2) is 4.68 Å². The van der Waals surface area contributed by atoms with E-state index in [2.05, 4.69) is 21.0 Å². The monoisotopic (exact) mass is 290 g/mol. The lowest BCUT2D eigenvalue weighted by Crippen LogP contribution is -1.94. The molecule has 0 atom stereocenters. The number of nitrogens with zero attached hydrogens (tertiary/aromatic N) is 2. The maximum Gasteiger partial charge on any atom is 0.128 e. The summed E-state index contributed by atoms with van der Waals surface area (Å²) in [7, 11) is 0. The number of hydrogen-bond acceptors (Lipinski definition) is 1. The summed E-state index contributed by atoms with van der Waals surface area (Å²) in [5.74, 6) is 0. The van der Waals surface area contributed by atoms with Gasteiger partial charge in [0.2, 0.25) is 0 Å². The first-order valence-corrected chi connectivity index (χ1v) is 5.38. The highest BCUT2D eigenvalue weighted by molar-refractivity contribution is 9.10. The smallest absolute Gasteiger partial charge is 0.128 e. The standard InChI is InChI=1S/C9H5BrCl2N2/c10-9-1-2-14(13-9)8-4-6(11)3-7(12)5-8/h1-5H. The van der Waals surface area contributed by atoms with Crippen molar-refractivity contribution < 1.29 is 0 Å². The van der Waals surface area contributed by atoms with E-state index >= 15 is 0 Å². The van der Waals surface area contributed by atoms with Crippen LogP contribution in [-0.4, -0.2) is 9.78 Å². The van der Waals surface area contributed by atoms with Gasteiger partial charge in [-0.2, -0.15) is 5.10 Å². The average Bonchev–Trinajstić information content (AvgIpc) is 2.50. The number of hydrogen-bond donors (Lipinski definition) is 0. The molecule has 1 aromatic carbocycles. The normalized spacial score (nSPS) is 10.5. The summed E-state index contributed by atoms with van der Waals surface area (Å²) < 4.78 is 2.47. The molecule has 2 aromatic rings. The fourth-order valence-corrected chi connectivity index (χ4v) is 1.92. The summed E-state index contributed by atoms with van der Waals surface area (Å²) in [5.41, 5.74) is 0.841. The molecule has 0 fully saturated rings. The molecule has 72 valence electrons. The predicted octanol–water partition coefficient (Wildman–Crippen LogP) is 3.94. The molecule has 0 aliphatic carbocycles. The van der Waals surface area contributed by atoms with Crippen LogP contribution in [0.5, 0.6) is 0 Å². The Kier molecular flexibility index (Phi) is 2.81. The first-order valence-electron chi connectivity index (χ1n) is 3.83. The van der Waals surface area contributed by atoms with Gasteiger partial charge in [-0.1, -0.05) is 23.2 Å². The minimum Gasteiger partial charge on any atom is -0.240 e. The summed E-state index contributed by atoms with van der Waals surface area (Å²) >= 11 is 15.0. The molecule has 5 heteroatoms. The van der Waals surface area contributed by atoms with Crippen LogP contribution in [0.3, 0.4) is 0 Å². The molecule has 1 heterocycles. The molecule has 2 rings (SSSR count). The first-order chi connectivity index (χ1) is 6.65. The van der Waals surface area contributed by atoms with Crippen LogP contribution in [0.15, 0.2) is 35.1 Å². The van der Waals surface area contributed by atoms with Crippen molar-refractivity contribution in [1.29, 1.82) is 0 Å². The molecule has 0 saturated carbocycles. The molecule has 1 aromatic heterocycles. The van der Waals surface area contributed by atoms with Crippen LogP contribution < -0.4 is 0 Å². The lowest BCUT2D eigenvalue weighted by Gasteiger charge is -2.02. The van der Waals surface area contributed by atoms with E-state index in [1.165, 1.54) is 0 Å². The second-order valence-corrected chi connectivity index (χ2v) is 4.40. The predicted molar refractivity (Wildman–Crippen MR) is 61.3 cm³/mol. The van der Waals surface area contributed by atoms with Crippen molar-refractivity contribution in [2.75, 3.05) is 0 Å². The second kappa shape index (κ2) is 3.93. The van der Waals surface area contributed by atoms with Crippen LogP contribution in [-0.2, 0) is 0 Å². The Morgan fingerprint density at radius 1 is 1.14 bits per heavy atom. The van der Waals surface area contributed by atoms with E-state index in [1.807, 2.05) is 12.3 Å². The molecule has 0 radical (unpaired) electrons. The third-order valence-electron chi connectivity index (χ3n) is 1.67. The summed E-state index contributed by atoms with van der Waals surface area (Å²) in [6.45, 7) is 0. The van der Waals surface area contributed by atoms with E-state index in [4.69, 9.17) is 23.2 Å². The molecule has 0 saturated heterocycles. The molecule has 0 aliphatic rings. The van der Waals surface area contributed by atoms with E-state index in [-0.39, 0.29) is 0 Å². The SMILES string of the molecule is Clc1cc(Cl)cc(-n2ccc(Br)n2)c1. The van der Waals surface area contributed by atoms with Gasteiger partial charge in [-0.3, -0.25) is 0 Å². The Balaban J connectivity index is 2.51. The van der Waals surface area contributed by atoms with Gasteiger partial charge in [0.15, 0.2) is 0 Å². The van der Waals surface area contributed by atoms with Crippen molar-refractivity contribution in [3.05, 3.63) is 45.1 Å². The molecule has 0 unspecified atom stereocenters. The zero-order chi connectivity index (χ0) is 10.1. The molecular weight excluding hydrogens is 287 g/mol. The maximum absolute atomic E-state index is 5.87. The van der Waals surface area contributed by atoms with Gasteiger partial charge in [0, 0.05) is 16.2 Å². The molecule has 14 heavy (non-hydrogen) atoms. The number of benzene rings is 1. The molecule has 0 aliphatic heterocycles. The van der Waals surface area contributed by atoms with Crippen molar-refractivity contribution in [2.45, 2.75) is 0 Å².